The minimum absolute atomic E-state index is 0.113. The number of carbonyl (C=O) groups is 1. The Morgan fingerprint density at radius 2 is 2.10 bits per heavy atom. The summed E-state index contributed by atoms with van der Waals surface area (Å²) in [6.45, 7) is 3.15. The van der Waals surface area contributed by atoms with Crippen LogP contribution in [-0.4, -0.2) is 53.3 Å². The Morgan fingerprint density at radius 1 is 1.23 bits per heavy atom. The van der Waals surface area contributed by atoms with Gasteiger partial charge in [0, 0.05) is 31.9 Å². The van der Waals surface area contributed by atoms with E-state index in [4.69, 9.17) is 9.72 Å². The highest BCUT2D eigenvalue weighted by Gasteiger charge is 2.33. The first-order valence-corrected chi connectivity index (χ1v) is 11.1. The number of carboxylic acid groups (broad SMARTS) is 1. The van der Waals surface area contributed by atoms with Gasteiger partial charge in [-0.3, -0.25) is 9.69 Å². The molecule has 0 saturated carbocycles. The zero-order chi connectivity index (χ0) is 20.8. The van der Waals surface area contributed by atoms with Crippen LogP contribution in [0, 0.1) is 0 Å². The van der Waals surface area contributed by atoms with Crippen LogP contribution in [0.4, 0.5) is 5.82 Å². The molecule has 0 aliphatic carbocycles. The lowest BCUT2D eigenvalue weighted by atomic mass is 10.1. The number of aromatic nitrogens is 1. The summed E-state index contributed by atoms with van der Waals surface area (Å²) in [5.41, 5.74) is 3.30. The second-order valence-electron chi connectivity index (χ2n) is 8.23. The Bertz CT molecular complexity index is 843. The number of nitrogens with one attached hydrogen (secondary N) is 1. The molecule has 0 unspecified atom stereocenters. The Labute approximate surface area is 178 Å². The largest absolute Gasteiger partial charge is 0.480 e. The number of benzene rings is 1. The Balaban J connectivity index is 1.19. The van der Waals surface area contributed by atoms with Crippen LogP contribution in [0.5, 0.6) is 0 Å². The first-order chi connectivity index (χ1) is 14.7. The molecule has 3 heterocycles. The number of rotatable bonds is 9. The van der Waals surface area contributed by atoms with E-state index in [1.54, 1.807) is 0 Å². The monoisotopic (exact) mass is 409 g/mol. The second-order valence-corrected chi connectivity index (χ2v) is 8.23. The molecular formula is C24H31N3O3. The maximum absolute atomic E-state index is 11.8. The molecular weight excluding hydrogens is 378 g/mol. The van der Waals surface area contributed by atoms with Gasteiger partial charge in [-0.25, -0.2) is 4.98 Å². The molecule has 6 nitrogen and oxygen atoms in total. The van der Waals surface area contributed by atoms with E-state index in [1.807, 2.05) is 35.2 Å². The van der Waals surface area contributed by atoms with E-state index in [9.17, 15) is 9.90 Å². The van der Waals surface area contributed by atoms with Crippen molar-refractivity contribution < 1.29 is 14.6 Å². The van der Waals surface area contributed by atoms with Crippen molar-refractivity contribution in [1.29, 1.82) is 0 Å². The highest BCUT2D eigenvalue weighted by molar-refractivity contribution is 5.75. The number of pyridine rings is 1. The zero-order valence-corrected chi connectivity index (χ0v) is 17.4. The van der Waals surface area contributed by atoms with Gasteiger partial charge in [0.25, 0.3) is 0 Å². The minimum atomic E-state index is -0.797. The number of ether oxygens (including phenoxy) is 1. The molecule has 1 fully saturated rings. The van der Waals surface area contributed by atoms with Gasteiger partial charge in [0.05, 0.1) is 6.10 Å². The number of aliphatic carboxylic acids is 1. The van der Waals surface area contributed by atoms with Gasteiger partial charge in [0.1, 0.15) is 11.9 Å². The molecule has 2 aliphatic rings. The first kappa shape index (κ1) is 20.8. The van der Waals surface area contributed by atoms with Crippen molar-refractivity contribution in [3.8, 4) is 0 Å². The smallest absolute Gasteiger partial charge is 0.325 e. The number of anilines is 1. The summed E-state index contributed by atoms with van der Waals surface area (Å²) in [6.07, 6.45) is 6.30. The quantitative estimate of drug-likeness (QED) is 0.616. The van der Waals surface area contributed by atoms with Crippen molar-refractivity contribution in [2.75, 3.05) is 31.6 Å². The molecule has 1 aromatic carbocycles. The van der Waals surface area contributed by atoms with E-state index in [1.165, 1.54) is 12.0 Å². The fourth-order valence-corrected chi connectivity index (χ4v) is 4.44. The lowest BCUT2D eigenvalue weighted by Crippen LogP contribution is -2.33. The Hall–Kier alpha value is -2.44. The fraction of sp³-hybridized carbons (Fsp3) is 0.500. The molecule has 2 aliphatic heterocycles. The third kappa shape index (κ3) is 5.18. The van der Waals surface area contributed by atoms with Gasteiger partial charge in [0.15, 0.2) is 0 Å². The van der Waals surface area contributed by atoms with Crippen LogP contribution >= 0.6 is 0 Å². The molecule has 2 N–H and O–H groups in total. The maximum atomic E-state index is 11.8. The lowest BCUT2D eigenvalue weighted by molar-refractivity contribution is -0.143. The molecule has 0 bridgehead atoms. The summed E-state index contributed by atoms with van der Waals surface area (Å²) in [7, 11) is 0. The van der Waals surface area contributed by atoms with Gasteiger partial charge in [-0.15, -0.1) is 0 Å². The Kier molecular flexibility index (Phi) is 6.97. The van der Waals surface area contributed by atoms with E-state index >= 15 is 0 Å². The van der Waals surface area contributed by atoms with Crippen LogP contribution in [0.15, 0.2) is 42.5 Å². The van der Waals surface area contributed by atoms with Crippen LogP contribution < -0.4 is 5.32 Å². The minimum Gasteiger partial charge on any atom is -0.480 e. The van der Waals surface area contributed by atoms with Gasteiger partial charge >= 0.3 is 5.97 Å². The van der Waals surface area contributed by atoms with Crippen LogP contribution in [0.1, 0.15) is 48.5 Å². The normalized spacial score (nSPS) is 19.8. The predicted molar refractivity (Wildman–Crippen MR) is 117 cm³/mol. The van der Waals surface area contributed by atoms with Crippen LogP contribution in [0.2, 0.25) is 0 Å². The standard InChI is InChI=1S/C24H31N3O3/c28-24(29)22(18-7-2-1-3-8-18)27-15-13-21(17-27)30-16-5-4-10-20-12-11-19-9-6-14-25-23(19)26-20/h1-3,7-8,11-12,21-22H,4-6,9-10,13-17H2,(H,25,26)(H,28,29)/t21-,22+/m1/s1. The molecule has 6 heteroatoms. The number of carboxylic acids is 1. The molecule has 0 spiro atoms. The third-order valence-electron chi connectivity index (χ3n) is 6.02. The molecule has 1 saturated heterocycles. The van der Waals surface area contributed by atoms with E-state index in [0.29, 0.717) is 13.2 Å². The van der Waals surface area contributed by atoms with Crippen molar-refractivity contribution in [2.24, 2.45) is 0 Å². The Morgan fingerprint density at radius 3 is 2.93 bits per heavy atom. The van der Waals surface area contributed by atoms with Crippen molar-refractivity contribution in [2.45, 2.75) is 50.7 Å². The molecule has 0 amide bonds. The number of unbranched alkanes of at least 4 members (excludes halogenated alkanes) is 1. The summed E-state index contributed by atoms with van der Waals surface area (Å²) >= 11 is 0. The number of hydrogen-bond donors (Lipinski definition) is 2. The second kappa shape index (κ2) is 10.0. The van der Waals surface area contributed by atoms with Gasteiger partial charge in [-0.2, -0.15) is 0 Å². The summed E-state index contributed by atoms with van der Waals surface area (Å²) < 4.78 is 6.06. The van der Waals surface area contributed by atoms with Crippen LogP contribution in [0.25, 0.3) is 0 Å². The van der Waals surface area contributed by atoms with Crippen molar-refractivity contribution in [1.82, 2.24) is 9.88 Å². The van der Waals surface area contributed by atoms with E-state index < -0.39 is 12.0 Å². The summed E-state index contributed by atoms with van der Waals surface area (Å²) in [4.78, 5) is 18.6. The van der Waals surface area contributed by atoms with Crippen molar-refractivity contribution >= 4 is 11.8 Å². The fourth-order valence-electron chi connectivity index (χ4n) is 4.44. The van der Waals surface area contributed by atoms with Crippen LogP contribution in [0.3, 0.4) is 0 Å². The molecule has 160 valence electrons. The molecule has 30 heavy (non-hydrogen) atoms. The number of likely N-dealkylation sites (tertiary alicyclic amines) is 1. The van der Waals surface area contributed by atoms with Gasteiger partial charge in [0.2, 0.25) is 0 Å². The summed E-state index contributed by atoms with van der Waals surface area (Å²) in [6, 6.07) is 13.2. The topological polar surface area (TPSA) is 74.7 Å². The lowest BCUT2D eigenvalue weighted by Gasteiger charge is -2.24. The highest BCUT2D eigenvalue weighted by Crippen LogP contribution is 2.27. The summed E-state index contributed by atoms with van der Waals surface area (Å²) in [5, 5.41) is 13.1. The number of fused-ring (bicyclic) bond motifs is 1. The molecule has 2 aromatic rings. The average Bonchev–Trinajstić information content (AvgIpc) is 3.22. The van der Waals surface area contributed by atoms with E-state index in [0.717, 1.165) is 62.3 Å². The molecule has 1 aromatic heterocycles. The maximum Gasteiger partial charge on any atom is 0.325 e. The number of nitrogens with zero attached hydrogens (tertiary/aromatic N) is 2. The predicted octanol–water partition coefficient (Wildman–Crippen LogP) is 3.68. The van der Waals surface area contributed by atoms with Crippen molar-refractivity contribution in [3.05, 3.63) is 59.3 Å². The zero-order valence-electron chi connectivity index (χ0n) is 17.4. The van der Waals surface area contributed by atoms with Gasteiger partial charge in [-0.1, -0.05) is 36.4 Å². The van der Waals surface area contributed by atoms with E-state index in [-0.39, 0.29) is 6.10 Å². The molecule has 4 rings (SSSR count). The van der Waals surface area contributed by atoms with Crippen LogP contribution in [-0.2, 0) is 22.4 Å². The van der Waals surface area contributed by atoms with E-state index in [2.05, 4.69) is 17.4 Å². The third-order valence-corrected chi connectivity index (χ3v) is 6.02. The average molecular weight is 410 g/mol. The SMILES string of the molecule is O=C(O)[C@H](c1ccccc1)N1CC[C@@H](OCCCCc2ccc3c(n2)NCCC3)C1. The van der Waals surface area contributed by atoms with Gasteiger partial charge < -0.3 is 15.2 Å². The first-order valence-electron chi connectivity index (χ1n) is 11.1. The highest BCUT2D eigenvalue weighted by atomic mass is 16.5. The summed E-state index contributed by atoms with van der Waals surface area (Å²) in [5.74, 6) is 0.265. The van der Waals surface area contributed by atoms with Crippen molar-refractivity contribution in [3.63, 3.8) is 0 Å². The number of aryl methyl sites for hydroxylation is 2. The molecule has 0 radical (unpaired) electrons. The molecule has 2 atom stereocenters. The number of hydrogen-bond acceptors (Lipinski definition) is 5. The van der Waals surface area contributed by atoms with Gasteiger partial charge in [-0.05, 0) is 55.7 Å².